The van der Waals surface area contributed by atoms with E-state index in [0.29, 0.717) is 24.4 Å². The smallest absolute Gasteiger partial charge is 0.251 e. The van der Waals surface area contributed by atoms with Crippen molar-refractivity contribution < 1.29 is 9.90 Å². The maximum absolute atomic E-state index is 12.1. The monoisotopic (exact) mass is 273 g/mol. The first kappa shape index (κ1) is 16.3. The summed E-state index contributed by atoms with van der Waals surface area (Å²) in [6, 6.07) is 5.60. The molecule has 0 unspecified atom stereocenters. The van der Waals surface area contributed by atoms with Crippen LogP contribution in [0.25, 0.3) is 0 Å². The minimum atomic E-state index is -0.0560. The Labute approximate surface area is 121 Å². The number of aliphatic hydroxyl groups excluding tert-OH is 1. The van der Waals surface area contributed by atoms with Crippen LogP contribution >= 0.6 is 0 Å². The van der Waals surface area contributed by atoms with Crippen LogP contribution in [0, 0.1) is 24.7 Å². The van der Waals surface area contributed by atoms with E-state index < -0.39 is 0 Å². The topological polar surface area (TPSA) is 49.3 Å². The normalized spacial score (nSPS) is 10.1. The van der Waals surface area contributed by atoms with Gasteiger partial charge in [0.1, 0.15) is 0 Å². The molecular formula is C17H23NO2. The third-order valence-electron chi connectivity index (χ3n) is 2.82. The quantitative estimate of drug-likeness (QED) is 0.810. The van der Waals surface area contributed by atoms with E-state index in [-0.39, 0.29) is 12.5 Å². The Kier molecular flexibility index (Phi) is 6.83. The van der Waals surface area contributed by atoms with Crippen LogP contribution in [0.5, 0.6) is 0 Å². The van der Waals surface area contributed by atoms with Crippen molar-refractivity contribution in [3.8, 4) is 11.8 Å². The SMILES string of the molecule is Cc1cc(C#CCCO)cc(C(=O)NCCC(C)C)c1. The number of nitrogens with one attached hydrogen (secondary N) is 1. The lowest BCUT2D eigenvalue weighted by Gasteiger charge is -2.08. The summed E-state index contributed by atoms with van der Waals surface area (Å²) in [5.74, 6) is 6.36. The number of rotatable bonds is 5. The van der Waals surface area contributed by atoms with Gasteiger partial charge in [0.25, 0.3) is 5.91 Å². The molecule has 0 aliphatic heterocycles. The van der Waals surface area contributed by atoms with Crippen molar-refractivity contribution in [1.29, 1.82) is 0 Å². The number of hydrogen-bond donors (Lipinski definition) is 2. The number of benzene rings is 1. The molecule has 0 bridgehead atoms. The number of carbonyl (C=O) groups excluding carboxylic acids is 1. The van der Waals surface area contributed by atoms with Crippen molar-refractivity contribution in [3.63, 3.8) is 0 Å². The predicted octanol–water partition coefficient (Wildman–Crippen LogP) is 2.50. The van der Waals surface area contributed by atoms with E-state index in [1.165, 1.54) is 0 Å². The van der Waals surface area contributed by atoms with Gasteiger partial charge in [-0.3, -0.25) is 4.79 Å². The lowest BCUT2D eigenvalue weighted by Crippen LogP contribution is -2.25. The molecule has 0 radical (unpaired) electrons. The molecule has 108 valence electrons. The van der Waals surface area contributed by atoms with Crippen molar-refractivity contribution in [2.24, 2.45) is 5.92 Å². The molecule has 3 nitrogen and oxygen atoms in total. The van der Waals surface area contributed by atoms with Crippen LogP contribution < -0.4 is 5.32 Å². The maximum Gasteiger partial charge on any atom is 0.251 e. The molecular weight excluding hydrogens is 250 g/mol. The van der Waals surface area contributed by atoms with Crippen LogP contribution in [0.4, 0.5) is 0 Å². The zero-order valence-corrected chi connectivity index (χ0v) is 12.5. The highest BCUT2D eigenvalue weighted by Crippen LogP contribution is 2.09. The fourth-order valence-corrected chi connectivity index (χ4v) is 1.78. The van der Waals surface area contributed by atoms with Gasteiger partial charge in [-0.15, -0.1) is 0 Å². The minimum absolute atomic E-state index is 0.0560. The van der Waals surface area contributed by atoms with Gasteiger partial charge < -0.3 is 10.4 Å². The van der Waals surface area contributed by atoms with Gasteiger partial charge >= 0.3 is 0 Å². The van der Waals surface area contributed by atoms with Crippen LogP contribution in [0.2, 0.25) is 0 Å². The molecule has 1 amide bonds. The van der Waals surface area contributed by atoms with Gasteiger partial charge in [-0.25, -0.2) is 0 Å². The Morgan fingerprint density at radius 1 is 1.35 bits per heavy atom. The van der Waals surface area contributed by atoms with E-state index in [4.69, 9.17) is 5.11 Å². The first-order valence-corrected chi connectivity index (χ1v) is 7.02. The standard InChI is InChI=1S/C17H23NO2/c1-13(2)7-8-18-17(20)16-11-14(3)10-15(12-16)6-4-5-9-19/h10-13,19H,5,7-9H2,1-3H3,(H,18,20). The maximum atomic E-state index is 12.1. The summed E-state index contributed by atoms with van der Waals surface area (Å²) in [7, 11) is 0. The third-order valence-corrected chi connectivity index (χ3v) is 2.82. The summed E-state index contributed by atoms with van der Waals surface area (Å²) in [5, 5.41) is 11.6. The van der Waals surface area contributed by atoms with Gasteiger partial charge in [0.2, 0.25) is 0 Å². The number of aryl methyl sites for hydroxylation is 1. The van der Waals surface area contributed by atoms with Gasteiger partial charge in [0.15, 0.2) is 0 Å². The van der Waals surface area contributed by atoms with Crippen molar-refractivity contribution in [3.05, 3.63) is 34.9 Å². The van der Waals surface area contributed by atoms with Crippen molar-refractivity contribution in [2.75, 3.05) is 13.2 Å². The van der Waals surface area contributed by atoms with E-state index in [9.17, 15) is 4.79 Å². The van der Waals surface area contributed by atoms with Crippen LogP contribution in [0.1, 0.15) is 48.2 Å². The molecule has 0 spiro atoms. The molecule has 0 saturated heterocycles. The molecule has 0 fully saturated rings. The fraction of sp³-hybridized carbons (Fsp3) is 0.471. The Balaban J connectivity index is 2.75. The minimum Gasteiger partial charge on any atom is -0.395 e. The second-order valence-corrected chi connectivity index (χ2v) is 5.30. The van der Waals surface area contributed by atoms with Gasteiger partial charge in [0.05, 0.1) is 6.61 Å². The van der Waals surface area contributed by atoms with Crippen molar-refractivity contribution in [1.82, 2.24) is 5.32 Å². The van der Waals surface area contributed by atoms with E-state index >= 15 is 0 Å². The number of amides is 1. The Morgan fingerprint density at radius 2 is 2.10 bits per heavy atom. The third kappa shape index (κ3) is 5.90. The molecule has 3 heteroatoms. The summed E-state index contributed by atoms with van der Waals surface area (Å²) >= 11 is 0. The molecule has 1 aromatic rings. The number of aliphatic hydroxyl groups is 1. The van der Waals surface area contributed by atoms with Gasteiger partial charge in [0, 0.05) is 24.1 Å². The van der Waals surface area contributed by atoms with Crippen LogP contribution in [0.3, 0.4) is 0 Å². The van der Waals surface area contributed by atoms with E-state index in [1.807, 2.05) is 19.1 Å². The second-order valence-electron chi connectivity index (χ2n) is 5.30. The average Bonchev–Trinajstić information content (AvgIpc) is 2.38. The predicted molar refractivity (Wildman–Crippen MR) is 81.5 cm³/mol. The first-order valence-electron chi connectivity index (χ1n) is 7.02. The van der Waals surface area contributed by atoms with Gasteiger partial charge in [-0.1, -0.05) is 25.7 Å². The molecule has 2 N–H and O–H groups in total. The lowest BCUT2D eigenvalue weighted by molar-refractivity contribution is 0.0952. The highest BCUT2D eigenvalue weighted by Gasteiger charge is 2.07. The van der Waals surface area contributed by atoms with Crippen LogP contribution in [-0.4, -0.2) is 24.2 Å². The largest absolute Gasteiger partial charge is 0.395 e. The molecule has 0 saturated carbocycles. The first-order chi connectivity index (χ1) is 9.52. The number of carbonyl (C=O) groups is 1. The summed E-state index contributed by atoms with van der Waals surface area (Å²) in [6.07, 6.45) is 1.42. The summed E-state index contributed by atoms with van der Waals surface area (Å²) in [6.45, 7) is 6.96. The molecule has 1 aromatic carbocycles. The zero-order chi connectivity index (χ0) is 15.0. The molecule has 20 heavy (non-hydrogen) atoms. The lowest BCUT2D eigenvalue weighted by atomic mass is 10.1. The summed E-state index contributed by atoms with van der Waals surface area (Å²) in [5.41, 5.74) is 2.46. The molecule has 0 heterocycles. The highest BCUT2D eigenvalue weighted by atomic mass is 16.2. The second kappa shape index (κ2) is 8.39. The fourth-order valence-electron chi connectivity index (χ4n) is 1.78. The zero-order valence-electron chi connectivity index (χ0n) is 12.5. The molecule has 0 aliphatic carbocycles. The highest BCUT2D eigenvalue weighted by molar-refractivity contribution is 5.94. The van der Waals surface area contributed by atoms with E-state index in [1.54, 1.807) is 6.07 Å². The van der Waals surface area contributed by atoms with Gasteiger partial charge in [-0.2, -0.15) is 0 Å². The Morgan fingerprint density at radius 3 is 2.75 bits per heavy atom. The van der Waals surface area contributed by atoms with Gasteiger partial charge in [-0.05, 0) is 43.0 Å². The van der Waals surface area contributed by atoms with Crippen LogP contribution in [-0.2, 0) is 0 Å². The molecule has 0 aliphatic rings. The molecule has 0 aromatic heterocycles. The summed E-state index contributed by atoms with van der Waals surface area (Å²) < 4.78 is 0. The van der Waals surface area contributed by atoms with Crippen LogP contribution in [0.15, 0.2) is 18.2 Å². The van der Waals surface area contributed by atoms with Crippen molar-refractivity contribution in [2.45, 2.75) is 33.6 Å². The Bertz CT molecular complexity index is 509. The average molecular weight is 273 g/mol. The molecule has 0 atom stereocenters. The number of hydrogen-bond acceptors (Lipinski definition) is 2. The van der Waals surface area contributed by atoms with Crippen molar-refractivity contribution >= 4 is 5.91 Å². The van der Waals surface area contributed by atoms with E-state index in [2.05, 4.69) is 31.0 Å². The van der Waals surface area contributed by atoms with E-state index in [0.717, 1.165) is 17.5 Å². The molecule has 1 rings (SSSR count). The summed E-state index contributed by atoms with van der Waals surface area (Å²) in [4.78, 5) is 12.1. The Hall–Kier alpha value is -1.79.